The van der Waals surface area contributed by atoms with Crippen molar-refractivity contribution >= 4 is 45.3 Å². The van der Waals surface area contributed by atoms with Gasteiger partial charge in [0.25, 0.3) is 5.56 Å². The molecule has 0 unspecified atom stereocenters. The molecule has 0 fully saturated rings. The zero-order valence-corrected chi connectivity index (χ0v) is 17.1. The molecule has 2 aromatic heterocycles. The predicted octanol–water partition coefficient (Wildman–Crippen LogP) is 2.26. The van der Waals surface area contributed by atoms with Crippen LogP contribution in [-0.2, 0) is 28.1 Å². The molecule has 0 spiro atoms. The number of hydrogen-bond donors (Lipinski definition) is 3. The van der Waals surface area contributed by atoms with Gasteiger partial charge in [0.2, 0.25) is 5.91 Å². The third-order valence-corrected chi connectivity index (χ3v) is 5.93. The van der Waals surface area contributed by atoms with Crippen molar-refractivity contribution in [3.8, 4) is 0 Å². The van der Waals surface area contributed by atoms with Crippen molar-refractivity contribution in [3.63, 3.8) is 0 Å². The molecule has 1 aliphatic rings. The summed E-state index contributed by atoms with van der Waals surface area (Å²) in [6, 6.07) is 0. The lowest BCUT2D eigenvalue weighted by Crippen LogP contribution is -2.45. The number of aryl methyl sites for hydroxylation is 2. The topological polar surface area (TPSA) is 113 Å². The van der Waals surface area contributed by atoms with Crippen molar-refractivity contribution in [1.82, 2.24) is 20.8 Å². The van der Waals surface area contributed by atoms with E-state index in [0.29, 0.717) is 11.6 Å². The first kappa shape index (κ1) is 19.7. The second kappa shape index (κ2) is 7.89. The molecule has 2 amide bonds. The van der Waals surface area contributed by atoms with Gasteiger partial charge in [-0.05, 0) is 45.6 Å². The molecule has 0 aliphatic heterocycles. The maximum Gasteiger partial charge on any atom is 0.426 e. The Balaban J connectivity index is 1.50. The highest BCUT2D eigenvalue weighted by Crippen LogP contribution is 2.34. The highest BCUT2D eigenvalue weighted by Gasteiger charge is 2.21. The van der Waals surface area contributed by atoms with Crippen LogP contribution in [0.5, 0.6) is 0 Å². The van der Waals surface area contributed by atoms with Crippen molar-refractivity contribution in [1.29, 1.82) is 0 Å². The van der Waals surface area contributed by atoms with Crippen LogP contribution in [0.25, 0.3) is 10.2 Å². The summed E-state index contributed by atoms with van der Waals surface area (Å²) in [7, 11) is 0. The molecule has 0 aromatic carbocycles. The van der Waals surface area contributed by atoms with Crippen LogP contribution < -0.4 is 16.4 Å². The standard InChI is InChI=1S/C17H22N4O4S2/c1-17(2,3)25-16(24)21-20-12(22)8-26-7-11-18-14(23)13-9-5-4-6-10(9)27-15(13)19-11/h4-8H2,1-3H3,(H,20,22)(H,21,24)(H,18,19,23). The molecule has 2 aromatic rings. The minimum atomic E-state index is -0.719. The summed E-state index contributed by atoms with van der Waals surface area (Å²) in [5.74, 6) is 0.682. The third kappa shape index (κ3) is 5.01. The predicted molar refractivity (Wildman–Crippen MR) is 106 cm³/mol. The lowest BCUT2D eigenvalue weighted by molar-refractivity contribution is -0.119. The summed E-state index contributed by atoms with van der Waals surface area (Å²) in [6.45, 7) is 5.20. The van der Waals surface area contributed by atoms with Crippen LogP contribution in [0.4, 0.5) is 4.79 Å². The van der Waals surface area contributed by atoms with Gasteiger partial charge in [0.05, 0.1) is 16.9 Å². The van der Waals surface area contributed by atoms with Gasteiger partial charge >= 0.3 is 6.09 Å². The Bertz CT molecular complexity index is 929. The average Bonchev–Trinajstić information content (AvgIpc) is 3.11. The second-order valence-corrected chi connectivity index (χ2v) is 9.29. The molecular weight excluding hydrogens is 388 g/mol. The molecule has 0 saturated carbocycles. The zero-order valence-electron chi connectivity index (χ0n) is 15.4. The summed E-state index contributed by atoms with van der Waals surface area (Å²) in [4.78, 5) is 45.0. The summed E-state index contributed by atoms with van der Waals surface area (Å²) < 4.78 is 5.02. The number of thiophene rings is 1. The van der Waals surface area contributed by atoms with E-state index in [1.807, 2.05) is 0 Å². The molecular formula is C17H22N4O4S2. The zero-order chi connectivity index (χ0) is 19.6. The van der Waals surface area contributed by atoms with Crippen molar-refractivity contribution in [2.24, 2.45) is 0 Å². The van der Waals surface area contributed by atoms with Crippen LogP contribution in [0.1, 0.15) is 43.5 Å². The summed E-state index contributed by atoms with van der Waals surface area (Å²) >= 11 is 2.88. The molecule has 0 saturated heterocycles. The van der Waals surface area contributed by atoms with E-state index in [0.717, 1.165) is 35.0 Å². The highest BCUT2D eigenvalue weighted by molar-refractivity contribution is 7.99. The Labute approximate surface area is 164 Å². The second-order valence-electron chi connectivity index (χ2n) is 7.22. The van der Waals surface area contributed by atoms with Crippen molar-refractivity contribution in [2.45, 2.75) is 51.4 Å². The molecule has 10 heteroatoms. The van der Waals surface area contributed by atoms with Crippen LogP contribution >= 0.6 is 23.1 Å². The van der Waals surface area contributed by atoms with Crippen LogP contribution in [-0.4, -0.2) is 33.3 Å². The third-order valence-electron chi connectivity index (χ3n) is 3.80. The number of hydrogen-bond acceptors (Lipinski definition) is 7. The first-order valence-corrected chi connectivity index (χ1v) is 10.6. The van der Waals surface area contributed by atoms with E-state index in [2.05, 4.69) is 20.8 Å². The Morgan fingerprint density at radius 2 is 2.07 bits per heavy atom. The minimum Gasteiger partial charge on any atom is -0.443 e. The number of thioether (sulfide) groups is 1. The summed E-state index contributed by atoms with van der Waals surface area (Å²) in [5, 5.41) is 0.723. The van der Waals surface area contributed by atoms with Gasteiger partial charge in [0, 0.05) is 4.88 Å². The molecule has 3 N–H and O–H groups in total. The maximum absolute atomic E-state index is 12.4. The fraction of sp³-hybridized carbons (Fsp3) is 0.529. The fourth-order valence-corrected chi connectivity index (χ4v) is 4.79. The first-order chi connectivity index (χ1) is 12.7. The number of aromatic amines is 1. The Kier molecular flexibility index (Phi) is 5.75. The van der Waals surface area contributed by atoms with Gasteiger partial charge in [-0.1, -0.05) is 0 Å². The quantitative estimate of drug-likeness (QED) is 0.667. The lowest BCUT2D eigenvalue weighted by Gasteiger charge is -2.19. The average molecular weight is 411 g/mol. The lowest BCUT2D eigenvalue weighted by atomic mass is 10.2. The Morgan fingerprint density at radius 3 is 2.81 bits per heavy atom. The van der Waals surface area contributed by atoms with Crippen molar-refractivity contribution in [2.75, 3.05) is 5.75 Å². The number of fused-ring (bicyclic) bond motifs is 3. The number of ether oxygens (including phenoxy) is 1. The normalized spacial score (nSPS) is 13.4. The molecule has 146 valence electrons. The number of amides is 2. The van der Waals surface area contributed by atoms with Crippen LogP contribution in [0.3, 0.4) is 0 Å². The number of aromatic nitrogens is 2. The van der Waals surface area contributed by atoms with Gasteiger partial charge in [-0.2, -0.15) is 0 Å². The van der Waals surface area contributed by atoms with Gasteiger partial charge in [-0.15, -0.1) is 23.1 Å². The van der Waals surface area contributed by atoms with Crippen LogP contribution in [0, 0.1) is 0 Å². The van der Waals surface area contributed by atoms with E-state index in [4.69, 9.17) is 4.74 Å². The summed E-state index contributed by atoms with van der Waals surface area (Å²) in [5.41, 5.74) is 4.89. The minimum absolute atomic E-state index is 0.106. The molecule has 0 atom stereocenters. The molecule has 3 rings (SSSR count). The van der Waals surface area contributed by atoms with Gasteiger partial charge in [0.15, 0.2) is 0 Å². The van der Waals surface area contributed by atoms with E-state index in [9.17, 15) is 14.4 Å². The maximum atomic E-state index is 12.4. The first-order valence-electron chi connectivity index (χ1n) is 8.62. The van der Waals surface area contributed by atoms with Gasteiger partial charge in [-0.25, -0.2) is 15.2 Å². The SMILES string of the molecule is CC(C)(C)OC(=O)NNC(=O)CSCc1nc2sc3c(c2c(=O)[nH]1)CCC3. The summed E-state index contributed by atoms with van der Waals surface area (Å²) in [6.07, 6.45) is 2.34. The number of nitrogens with zero attached hydrogens (tertiary/aromatic N) is 1. The van der Waals surface area contributed by atoms with E-state index in [1.54, 1.807) is 32.1 Å². The van der Waals surface area contributed by atoms with Gasteiger partial charge in [0.1, 0.15) is 16.3 Å². The van der Waals surface area contributed by atoms with E-state index < -0.39 is 11.7 Å². The molecule has 0 radical (unpaired) electrons. The van der Waals surface area contributed by atoms with E-state index in [-0.39, 0.29) is 17.2 Å². The number of carbonyl (C=O) groups excluding carboxylic acids is 2. The fourth-order valence-electron chi connectivity index (χ4n) is 2.82. The number of rotatable bonds is 4. The molecule has 2 heterocycles. The van der Waals surface area contributed by atoms with Crippen LogP contribution in [0.15, 0.2) is 4.79 Å². The van der Waals surface area contributed by atoms with Gasteiger partial charge in [-0.3, -0.25) is 15.0 Å². The Hall–Kier alpha value is -2.07. The van der Waals surface area contributed by atoms with E-state index >= 15 is 0 Å². The largest absolute Gasteiger partial charge is 0.443 e. The number of carbonyl (C=O) groups is 2. The smallest absolute Gasteiger partial charge is 0.426 e. The van der Waals surface area contributed by atoms with Crippen LogP contribution in [0.2, 0.25) is 0 Å². The van der Waals surface area contributed by atoms with E-state index in [1.165, 1.54) is 16.6 Å². The Morgan fingerprint density at radius 1 is 1.30 bits per heavy atom. The molecule has 0 bridgehead atoms. The van der Waals surface area contributed by atoms with Crippen molar-refractivity contribution in [3.05, 3.63) is 26.6 Å². The molecule has 8 nitrogen and oxygen atoms in total. The molecule has 1 aliphatic carbocycles. The monoisotopic (exact) mass is 410 g/mol. The number of hydrazine groups is 1. The van der Waals surface area contributed by atoms with Gasteiger partial charge < -0.3 is 9.72 Å². The number of H-pyrrole nitrogens is 1. The highest BCUT2D eigenvalue weighted by atomic mass is 32.2. The number of nitrogens with one attached hydrogen (secondary N) is 3. The van der Waals surface area contributed by atoms with Crippen molar-refractivity contribution < 1.29 is 14.3 Å². The molecule has 27 heavy (non-hydrogen) atoms.